The minimum Gasteiger partial charge on any atom is -0.383 e. The molecule has 1 aromatic heterocycles. The number of nitrogens with one attached hydrogen (secondary N) is 1. The van der Waals surface area contributed by atoms with Crippen molar-refractivity contribution in [2.24, 2.45) is 11.8 Å². The quantitative estimate of drug-likeness (QED) is 0.686. The summed E-state index contributed by atoms with van der Waals surface area (Å²) in [4.78, 5) is 1.31. The molecule has 0 aliphatic carbocycles. The second-order valence-corrected chi connectivity index (χ2v) is 9.70. The van der Waals surface area contributed by atoms with Crippen LogP contribution in [0.4, 0.5) is 0 Å². The Hall–Kier alpha value is 0.0500. The van der Waals surface area contributed by atoms with E-state index in [1.807, 2.05) is 0 Å². The maximum atomic E-state index is 11.7. The Kier molecular flexibility index (Phi) is 6.68. The molecule has 1 fully saturated rings. The van der Waals surface area contributed by atoms with Crippen LogP contribution in [0.5, 0.6) is 0 Å². The minimum atomic E-state index is -2.82. The maximum absolute atomic E-state index is 11.7. The zero-order valence-electron chi connectivity index (χ0n) is 12.2. The van der Waals surface area contributed by atoms with Crippen LogP contribution in [0.1, 0.15) is 11.3 Å². The summed E-state index contributed by atoms with van der Waals surface area (Å²) < 4.78 is 29.6. The van der Waals surface area contributed by atoms with Crippen LogP contribution < -0.4 is 5.32 Å². The molecular formula is C14H22BrNO3S2. The summed E-state index contributed by atoms with van der Waals surface area (Å²) >= 11 is 5.21. The summed E-state index contributed by atoms with van der Waals surface area (Å²) in [6, 6.07) is 2.14. The summed E-state index contributed by atoms with van der Waals surface area (Å²) in [5, 5.41) is 5.47. The molecule has 1 aromatic rings. The van der Waals surface area contributed by atoms with Gasteiger partial charge < -0.3 is 10.1 Å². The highest BCUT2D eigenvalue weighted by atomic mass is 79.9. The third kappa shape index (κ3) is 5.63. The lowest BCUT2D eigenvalue weighted by molar-refractivity contribution is 0.195. The number of halogens is 1. The van der Waals surface area contributed by atoms with Gasteiger partial charge in [-0.2, -0.15) is 0 Å². The van der Waals surface area contributed by atoms with Gasteiger partial charge in [-0.25, -0.2) is 8.42 Å². The van der Waals surface area contributed by atoms with Crippen LogP contribution >= 0.6 is 27.3 Å². The lowest BCUT2D eigenvalue weighted by atomic mass is 9.88. The third-order valence-corrected chi connectivity index (χ3v) is 7.42. The Morgan fingerprint density at radius 1 is 1.57 bits per heavy atom. The molecule has 0 amide bonds. The van der Waals surface area contributed by atoms with Crippen molar-refractivity contribution in [1.29, 1.82) is 0 Å². The second-order valence-electron chi connectivity index (χ2n) is 5.56. The Morgan fingerprint density at radius 2 is 2.38 bits per heavy atom. The smallest absolute Gasteiger partial charge is 0.150 e. The lowest BCUT2D eigenvalue weighted by Gasteiger charge is -2.22. The van der Waals surface area contributed by atoms with E-state index >= 15 is 0 Å². The molecule has 1 N–H and O–H groups in total. The number of rotatable bonds is 8. The average molecular weight is 396 g/mol. The molecule has 0 aromatic carbocycles. The molecule has 0 saturated carbocycles. The van der Waals surface area contributed by atoms with Crippen LogP contribution in [0.3, 0.4) is 0 Å². The van der Waals surface area contributed by atoms with Crippen LogP contribution in [0.25, 0.3) is 0 Å². The predicted octanol–water partition coefficient (Wildman–Crippen LogP) is 2.34. The molecule has 2 rings (SSSR count). The molecule has 0 bridgehead atoms. The molecule has 1 aliphatic heterocycles. The lowest BCUT2D eigenvalue weighted by Crippen LogP contribution is -2.32. The fourth-order valence-corrected chi connectivity index (χ4v) is 6.25. The number of ether oxygens (including phenoxy) is 1. The summed E-state index contributed by atoms with van der Waals surface area (Å²) in [5.41, 5.74) is 0. The molecule has 21 heavy (non-hydrogen) atoms. The Balaban J connectivity index is 1.96. The molecule has 0 radical (unpaired) electrons. The standard InChI is InChI=1S/C14H22BrNO3S2/c1-19-4-3-16-8-12(6-14-7-13(15)9-20-14)11-2-5-21(17,18)10-11/h7,9,11-12,16H,2-6,8,10H2,1H3. The van der Waals surface area contributed by atoms with Gasteiger partial charge in [0.1, 0.15) is 0 Å². The van der Waals surface area contributed by atoms with E-state index in [1.165, 1.54) is 4.88 Å². The van der Waals surface area contributed by atoms with E-state index in [9.17, 15) is 8.42 Å². The molecule has 120 valence electrons. The van der Waals surface area contributed by atoms with Gasteiger partial charge in [-0.1, -0.05) is 0 Å². The van der Waals surface area contributed by atoms with Crippen molar-refractivity contribution < 1.29 is 13.2 Å². The predicted molar refractivity (Wildman–Crippen MR) is 90.7 cm³/mol. The molecular weight excluding hydrogens is 374 g/mol. The van der Waals surface area contributed by atoms with E-state index in [0.717, 1.165) is 30.4 Å². The van der Waals surface area contributed by atoms with E-state index < -0.39 is 9.84 Å². The van der Waals surface area contributed by atoms with Gasteiger partial charge in [0.25, 0.3) is 0 Å². The van der Waals surface area contributed by atoms with Gasteiger partial charge in [0.05, 0.1) is 18.1 Å². The van der Waals surface area contributed by atoms with Gasteiger partial charge in [0.2, 0.25) is 0 Å². The molecule has 4 nitrogen and oxygen atoms in total. The second kappa shape index (κ2) is 8.06. The first kappa shape index (κ1) is 17.4. The van der Waals surface area contributed by atoms with E-state index in [4.69, 9.17) is 4.74 Å². The zero-order valence-corrected chi connectivity index (χ0v) is 15.4. The normalized spacial score (nSPS) is 22.5. The van der Waals surface area contributed by atoms with Crippen LogP contribution in [-0.2, 0) is 21.0 Å². The SMILES string of the molecule is COCCNCC(Cc1cc(Br)cs1)C1CCS(=O)(=O)C1. The topological polar surface area (TPSA) is 55.4 Å². The van der Waals surface area contributed by atoms with Gasteiger partial charge in [-0.05, 0) is 53.2 Å². The highest BCUT2D eigenvalue weighted by Crippen LogP contribution is 2.30. The third-order valence-electron chi connectivity index (χ3n) is 3.91. The van der Waals surface area contributed by atoms with Gasteiger partial charge in [-0.3, -0.25) is 0 Å². The van der Waals surface area contributed by atoms with Crippen molar-refractivity contribution in [3.05, 3.63) is 20.8 Å². The number of methoxy groups -OCH3 is 1. The van der Waals surface area contributed by atoms with Crippen LogP contribution in [-0.4, -0.2) is 46.7 Å². The first-order valence-corrected chi connectivity index (χ1v) is 10.6. The van der Waals surface area contributed by atoms with E-state index in [-0.39, 0.29) is 5.92 Å². The van der Waals surface area contributed by atoms with E-state index in [1.54, 1.807) is 18.4 Å². The van der Waals surface area contributed by atoms with Crippen LogP contribution in [0, 0.1) is 11.8 Å². The van der Waals surface area contributed by atoms with Crippen molar-refractivity contribution in [3.8, 4) is 0 Å². The van der Waals surface area contributed by atoms with Crippen LogP contribution in [0.2, 0.25) is 0 Å². The molecule has 2 atom stereocenters. The molecule has 0 spiro atoms. The number of hydrogen-bond acceptors (Lipinski definition) is 5. The van der Waals surface area contributed by atoms with Crippen molar-refractivity contribution >= 4 is 37.1 Å². The van der Waals surface area contributed by atoms with Crippen molar-refractivity contribution in [3.63, 3.8) is 0 Å². The molecule has 2 heterocycles. The molecule has 1 saturated heterocycles. The van der Waals surface area contributed by atoms with E-state index in [2.05, 4.69) is 32.7 Å². The monoisotopic (exact) mass is 395 g/mol. The molecule has 7 heteroatoms. The highest BCUT2D eigenvalue weighted by Gasteiger charge is 2.33. The minimum absolute atomic E-state index is 0.269. The summed E-state index contributed by atoms with van der Waals surface area (Å²) in [5.74, 6) is 1.33. The summed E-state index contributed by atoms with van der Waals surface area (Å²) in [6.07, 6.45) is 1.74. The van der Waals surface area contributed by atoms with E-state index in [0.29, 0.717) is 24.0 Å². The highest BCUT2D eigenvalue weighted by molar-refractivity contribution is 9.10. The van der Waals surface area contributed by atoms with Gasteiger partial charge in [0, 0.05) is 28.4 Å². The van der Waals surface area contributed by atoms with Gasteiger partial charge >= 0.3 is 0 Å². The number of sulfone groups is 1. The van der Waals surface area contributed by atoms with Gasteiger partial charge in [0.15, 0.2) is 9.84 Å². The molecule has 2 unspecified atom stereocenters. The van der Waals surface area contributed by atoms with Gasteiger partial charge in [-0.15, -0.1) is 11.3 Å². The Bertz CT molecular complexity index is 544. The Morgan fingerprint density at radius 3 is 2.95 bits per heavy atom. The Labute approximate surface area is 139 Å². The fraction of sp³-hybridized carbons (Fsp3) is 0.714. The molecule has 1 aliphatic rings. The average Bonchev–Trinajstić information content (AvgIpc) is 2.99. The first-order chi connectivity index (χ1) is 10.00. The largest absolute Gasteiger partial charge is 0.383 e. The first-order valence-electron chi connectivity index (χ1n) is 7.13. The fourth-order valence-electron chi connectivity index (χ4n) is 2.78. The number of hydrogen-bond donors (Lipinski definition) is 1. The number of thiophene rings is 1. The van der Waals surface area contributed by atoms with Crippen molar-refractivity contribution in [2.45, 2.75) is 12.8 Å². The summed E-state index contributed by atoms with van der Waals surface area (Å²) in [7, 11) is -1.13. The van der Waals surface area contributed by atoms with Crippen molar-refractivity contribution in [2.75, 3.05) is 38.3 Å². The van der Waals surface area contributed by atoms with Crippen LogP contribution in [0.15, 0.2) is 15.9 Å². The summed E-state index contributed by atoms with van der Waals surface area (Å²) in [6.45, 7) is 2.33. The zero-order chi connectivity index (χ0) is 15.3. The maximum Gasteiger partial charge on any atom is 0.150 e. The van der Waals surface area contributed by atoms with Crippen molar-refractivity contribution in [1.82, 2.24) is 5.32 Å².